The van der Waals surface area contributed by atoms with Gasteiger partial charge < -0.3 is 4.90 Å². The second kappa shape index (κ2) is 6.71. The number of amides is 1. The molecule has 0 heterocycles. The Labute approximate surface area is 123 Å². The molecule has 0 saturated heterocycles. The summed E-state index contributed by atoms with van der Waals surface area (Å²) in [6.07, 6.45) is 0. The molecule has 0 atom stereocenters. The van der Waals surface area contributed by atoms with Gasteiger partial charge in [-0.3, -0.25) is 4.79 Å². The van der Waals surface area contributed by atoms with E-state index in [9.17, 15) is 9.18 Å². The van der Waals surface area contributed by atoms with E-state index < -0.39 is 11.2 Å². The summed E-state index contributed by atoms with van der Waals surface area (Å²) in [5.74, 6) is -0.379. The molecular weight excluding hydrogens is 279 g/mol. The number of benzene rings is 1. The third-order valence-corrected chi connectivity index (χ3v) is 3.79. The average Bonchev–Trinajstić information content (AvgIpc) is 2.45. The summed E-state index contributed by atoms with van der Waals surface area (Å²) >= 11 is 5.81. The Hall–Kier alpha value is -1.60. The molecule has 5 heteroatoms. The summed E-state index contributed by atoms with van der Waals surface area (Å²) in [6, 6.07) is 6.15. The molecule has 0 aliphatic carbocycles. The highest BCUT2D eigenvalue weighted by Crippen LogP contribution is 2.22. The van der Waals surface area contributed by atoms with Crippen molar-refractivity contribution in [3.05, 3.63) is 35.1 Å². The van der Waals surface area contributed by atoms with Gasteiger partial charge in [-0.05, 0) is 32.9 Å². The molecule has 0 bridgehead atoms. The lowest BCUT2D eigenvalue weighted by Gasteiger charge is -2.30. The third kappa shape index (κ3) is 3.71. The van der Waals surface area contributed by atoms with Gasteiger partial charge in [0.2, 0.25) is 5.91 Å². The van der Waals surface area contributed by atoms with Crippen LogP contribution in [-0.2, 0) is 11.3 Å². The number of nitrogens with zero attached hydrogens (tertiary/aromatic N) is 2. The van der Waals surface area contributed by atoms with Crippen molar-refractivity contribution in [1.82, 2.24) is 4.90 Å². The lowest BCUT2D eigenvalue weighted by atomic mass is 9.94. The fourth-order valence-electron chi connectivity index (χ4n) is 1.76. The maximum Gasteiger partial charge on any atom is 0.229 e. The van der Waals surface area contributed by atoms with E-state index in [1.54, 1.807) is 24.8 Å². The normalized spacial score (nSPS) is 11.0. The maximum absolute atomic E-state index is 13.9. The molecule has 0 aromatic heterocycles. The lowest BCUT2D eigenvalue weighted by molar-refractivity contribution is -0.139. The fraction of sp³-hybridized carbons (Fsp3) is 0.467. The monoisotopic (exact) mass is 296 g/mol. The zero-order chi connectivity index (χ0) is 15.3. The number of carbonyl (C=O) groups is 1. The van der Waals surface area contributed by atoms with Crippen LogP contribution in [0.25, 0.3) is 0 Å². The zero-order valence-electron chi connectivity index (χ0n) is 11.9. The molecule has 1 aromatic rings. The van der Waals surface area contributed by atoms with E-state index in [-0.39, 0.29) is 23.9 Å². The molecule has 1 amide bonds. The van der Waals surface area contributed by atoms with E-state index in [4.69, 9.17) is 16.9 Å². The van der Waals surface area contributed by atoms with Crippen molar-refractivity contribution in [1.29, 1.82) is 5.26 Å². The Bertz CT molecular complexity index is 537. The predicted molar refractivity (Wildman–Crippen MR) is 76.7 cm³/mol. The van der Waals surface area contributed by atoms with E-state index in [1.807, 2.05) is 13.0 Å². The Morgan fingerprint density at radius 1 is 1.50 bits per heavy atom. The van der Waals surface area contributed by atoms with Crippen LogP contribution in [0.1, 0.15) is 31.9 Å². The fourth-order valence-corrected chi connectivity index (χ4v) is 1.88. The molecule has 0 N–H and O–H groups in total. The van der Waals surface area contributed by atoms with Crippen molar-refractivity contribution < 1.29 is 9.18 Å². The minimum absolute atomic E-state index is 0.112. The first-order valence-electron chi connectivity index (χ1n) is 6.39. The van der Waals surface area contributed by atoms with Crippen molar-refractivity contribution in [3.8, 4) is 6.07 Å². The van der Waals surface area contributed by atoms with Gasteiger partial charge in [0.15, 0.2) is 0 Å². The molecule has 0 aliphatic rings. The standard InChI is InChI=1S/C15H18ClFN2O/c1-4-19(14(20)15(2,3)10-16)9-12-6-5-11(8-18)7-13(12)17/h5-7H,4,9-10H2,1-3H3. The topological polar surface area (TPSA) is 44.1 Å². The minimum Gasteiger partial charge on any atom is -0.338 e. The van der Waals surface area contributed by atoms with E-state index in [1.165, 1.54) is 12.1 Å². The average molecular weight is 297 g/mol. The van der Waals surface area contributed by atoms with Gasteiger partial charge in [0, 0.05) is 24.5 Å². The summed E-state index contributed by atoms with van der Waals surface area (Å²) in [4.78, 5) is 13.9. The van der Waals surface area contributed by atoms with Gasteiger partial charge in [0.05, 0.1) is 17.0 Å². The Morgan fingerprint density at radius 3 is 2.60 bits per heavy atom. The van der Waals surface area contributed by atoms with Gasteiger partial charge in [-0.25, -0.2) is 4.39 Å². The number of alkyl halides is 1. The van der Waals surface area contributed by atoms with Crippen LogP contribution in [0, 0.1) is 22.6 Å². The Balaban J connectivity index is 2.95. The summed E-state index contributed by atoms with van der Waals surface area (Å²) in [7, 11) is 0. The number of nitriles is 1. The number of halogens is 2. The van der Waals surface area contributed by atoms with Gasteiger partial charge in [-0.1, -0.05) is 6.07 Å². The molecule has 108 valence electrons. The smallest absolute Gasteiger partial charge is 0.229 e. The Morgan fingerprint density at radius 2 is 2.15 bits per heavy atom. The van der Waals surface area contributed by atoms with Crippen LogP contribution in [-0.4, -0.2) is 23.2 Å². The van der Waals surface area contributed by atoms with Gasteiger partial charge in [-0.2, -0.15) is 5.26 Å². The second-order valence-corrected chi connectivity index (χ2v) is 5.52. The van der Waals surface area contributed by atoms with E-state index in [0.717, 1.165) is 0 Å². The predicted octanol–water partition coefficient (Wildman–Crippen LogP) is 3.31. The largest absolute Gasteiger partial charge is 0.338 e. The van der Waals surface area contributed by atoms with Gasteiger partial charge in [0.25, 0.3) is 0 Å². The highest BCUT2D eigenvalue weighted by atomic mass is 35.5. The molecule has 0 saturated carbocycles. The Kier molecular flexibility index (Phi) is 5.52. The van der Waals surface area contributed by atoms with E-state index in [2.05, 4.69) is 0 Å². The van der Waals surface area contributed by atoms with Crippen LogP contribution >= 0.6 is 11.6 Å². The summed E-state index contributed by atoms with van der Waals surface area (Å²) in [5.41, 5.74) is -0.0213. The number of carbonyl (C=O) groups excluding carboxylic acids is 1. The van der Waals surface area contributed by atoms with Gasteiger partial charge in [-0.15, -0.1) is 11.6 Å². The van der Waals surface area contributed by atoms with Crippen molar-refractivity contribution in [3.63, 3.8) is 0 Å². The van der Waals surface area contributed by atoms with Crippen LogP contribution in [0.5, 0.6) is 0 Å². The van der Waals surface area contributed by atoms with Crippen LogP contribution < -0.4 is 0 Å². The lowest BCUT2D eigenvalue weighted by Crippen LogP contribution is -2.41. The molecule has 3 nitrogen and oxygen atoms in total. The maximum atomic E-state index is 13.9. The molecule has 20 heavy (non-hydrogen) atoms. The number of rotatable bonds is 5. The molecule has 1 rings (SSSR count). The highest BCUT2D eigenvalue weighted by molar-refractivity contribution is 6.19. The summed E-state index contributed by atoms with van der Waals surface area (Å²) in [5, 5.41) is 8.71. The first-order chi connectivity index (χ1) is 9.35. The van der Waals surface area contributed by atoms with Gasteiger partial charge in [0.1, 0.15) is 5.82 Å². The molecule has 1 aromatic carbocycles. The first kappa shape index (κ1) is 16.5. The molecule has 0 aliphatic heterocycles. The number of hydrogen-bond donors (Lipinski definition) is 0. The first-order valence-corrected chi connectivity index (χ1v) is 6.93. The van der Waals surface area contributed by atoms with E-state index >= 15 is 0 Å². The third-order valence-electron chi connectivity index (χ3n) is 3.13. The summed E-state index contributed by atoms with van der Waals surface area (Å²) < 4.78 is 13.9. The zero-order valence-corrected chi connectivity index (χ0v) is 12.7. The molecular formula is C15H18ClFN2O. The minimum atomic E-state index is -0.680. The van der Waals surface area contributed by atoms with Crippen molar-refractivity contribution in [2.75, 3.05) is 12.4 Å². The summed E-state index contributed by atoms with van der Waals surface area (Å²) in [6.45, 7) is 6.01. The number of hydrogen-bond acceptors (Lipinski definition) is 2. The SMILES string of the molecule is CCN(Cc1ccc(C#N)cc1F)C(=O)C(C)(C)CCl. The quantitative estimate of drug-likeness (QED) is 0.783. The second-order valence-electron chi connectivity index (χ2n) is 5.25. The van der Waals surface area contributed by atoms with E-state index in [0.29, 0.717) is 12.1 Å². The van der Waals surface area contributed by atoms with Crippen molar-refractivity contribution in [2.24, 2.45) is 5.41 Å². The van der Waals surface area contributed by atoms with Crippen LogP contribution in [0.4, 0.5) is 4.39 Å². The van der Waals surface area contributed by atoms with Gasteiger partial charge >= 0.3 is 0 Å². The van der Waals surface area contributed by atoms with Crippen molar-refractivity contribution >= 4 is 17.5 Å². The molecule has 0 spiro atoms. The molecule has 0 fully saturated rings. The molecule has 0 radical (unpaired) electrons. The van der Waals surface area contributed by atoms with Crippen LogP contribution in [0.2, 0.25) is 0 Å². The highest BCUT2D eigenvalue weighted by Gasteiger charge is 2.30. The molecule has 0 unspecified atom stereocenters. The van der Waals surface area contributed by atoms with Crippen molar-refractivity contribution in [2.45, 2.75) is 27.3 Å². The van der Waals surface area contributed by atoms with Crippen LogP contribution in [0.3, 0.4) is 0 Å². The van der Waals surface area contributed by atoms with Crippen LogP contribution in [0.15, 0.2) is 18.2 Å².